The maximum atomic E-state index is 12.8. The third-order valence-electron chi connectivity index (χ3n) is 4.56. The molecule has 0 spiro atoms. The van der Waals surface area contributed by atoms with Gasteiger partial charge in [-0.15, -0.1) is 0 Å². The van der Waals surface area contributed by atoms with Crippen LogP contribution < -0.4 is 0 Å². The summed E-state index contributed by atoms with van der Waals surface area (Å²) in [5.74, 6) is 0.983. The number of hydrogen-bond donors (Lipinski definition) is 0. The molecule has 1 aliphatic heterocycles. The van der Waals surface area contributed by atoms with E-state index < -0.39 is 10.0 Å². The molecule has 0 radical (unpaired) electrons. The van der Waals surface area contributed by atoms with E-state index in [0.717, 1.165) is 23.4 Å². The summed E-state index contributed by atoms with van der Waals surface area (Å²) in [5.41, 5.74) is 1.68. The molecule has 0 amide bonds. The molecular weight excluding hydrogens is 324 g/mol. The number of nitrogens with zero attached hydrogens (tertiary/aromatic N) is 4. The molecule has 1 aromatic carbocycles. The molecule has 3 aromatic rings. The van der Waals surface area contributed by atoms with Gasteiger partial charge in [-0.2, -0.15) is 4.31 Å². The topological polar surface area (TPSA) is 68.1 Å². The third kappa shape index (κ3) is 2.40. The van der Waals surface area contributed by atoms with Crippen molar-refractivity contribution in [1.29, 1.82) is 0 Å². The highest BCUT2D eigenvalue weighted by atomic mass is 32.2. The standard InChI is InChI=1S/C17H18N4O2S/c1-20-16(19-15-8-5-10-18-17(15)20)13-9-11-21(12-13)24(22,23)14-6-3-2-4-7-14/h2-8,10,13H,9,11-12H2,1H3/t13-/m1/s1. The molecule has 0 aliphatic carbocycles. The normalized spacial score (nSPS) is 19.1. The van der Waals surface area contributed by atoms with Crippen LogP contribution in [0.25, 0.3) is 11.2 Å². The van der Waals surface area contributed by atoms with Crippen LogP contribution in [0, 0.1) is 0 Å². The van der Waals surface area contributed by atoms with Gasteiger partial charge in [-0.3, -0.25) is 0 Å². The van der Waals surface area contributed by atoms with Crippen molar-refractivity contribution in [2.45, 2.75) is 17.2 Å². The maximum Gasteiger partial charge on any atom is 0.243 e. The zero-order valence-corrected chi connectivity index (χ0v) is 14.1. The Morgan fingerprint density at radius 3 is 2.67 bits per heavy atom. The molecule has 0 bridgehead atoms. The van der Waals surface area contributed by atoms with Gasteiger partial charge >= 0.3 is 0 Å². The van der Waals surface area contributed by atoms with Crippen LogP contribution in [0.5, 0.6) is 0 Å². The number of benzene rings is 1. The number of aryl methyl sites for hydroxylation is 1. The monoisotopic (exact) mass is 342 g/mol. The number of rotatable bonds is 3. The summed E-state index contributed by atoms with van der Waals surface area (Å²) in [6, 6.07) is 12.4. The van der Waals surface area contributed by atoms with Crippen molar-refractivity contribution in [3.63, 3.8) is 0 Å². The number of sulfonamides is 1. The second-order valence-electron chi connectivity index (χ2n) is 6.04. The summed E-state index contributed by atoms with van der Waals surface area (Å²) in [7, 11) is -1.51. The Balaban J connectivity index is 1.63. The van der Waals surface area contributed by atoms with Crippen LogP contribution in [-0.2, 0) is 17.1 Å². The van der Waals surface area contributed by atoms with Crippen molar-refractivity contribution in [2.75, 3.05) is 13.1 Å². The second-order valence-corrected chi connectivity index (χ2v) is 7.97. The molecule has 1 atom stereocenters. The smallest absolute Gasteiger partial charge is 0.243 e. The van der Waals surface area contributed by atoms with E-state index >= 15 is 0 Å². The second kappa shape index (κ2) is 5.68. The lowest BCUT2D eigenvalue weighted by Crippen LogP contribution is -2.28. The maximum absolute atomic E-state index is 12.8. The van der Waals surface area contributed by atoms with Gasteiger partial charge in [0.25, 0.3) is 0 Å². The summed E-state index contributed by atoms with van der Waals surface area (Å²) >= 11 is 0. The van der Waals surface area contributed by atoms with Crippen LogP contribution in [0.4, 0.5) is 0 Å². The Kier molecular flexibility index (Phi) is 3.62. The average Bonchev–Trinajstić information content (AvgIpc) is 3.22. The first-order valence-corrected chi connectivity index (χ1v) is 9.34. The van der Waals surface area contributed by atoms with Crippen molar-refractivity contribution in [2.24, 2.45) is 7.05 Å². The highest BCUT2D eigenvalue weighted by Gasteiger charge is 2.35. The van der Waals surface area contributed by atoms with Crippen LogP contribution in [-0.4, -0.2) is 40.3 Å². The highest BCUT2D eigenvalue weighted by molar-refractivity contribution is 7.89. The van der Waals surface area contributed by atoms with Gasteiger partial charge in [0, 0.05) is 32.3 Å². The molecule has 4 rings (SSSR count). The largest absolute Gasteiger partial charge is 0.316 e. The molecule has 0 unspecified atom stereocenters. The summed E-state index contributed by atoms with van der Waals surface area (Å²) < 4.78 is 29.0. The summed E-state index contributed by atoms with van der Waals surface area (Å²) in [4.78, 5) is 9.36. The first-order chi connectivity index (χ1) is 11.6. The van der Waals surface area contributed by atoms with Crippen molar-refractivity contribution in [3.8, 4) is 0 Å². The van der Waals surface area contributed by atoms with E-state index in [1.165, 1.54) is 0 Å². The van der Waals surface area contributed by atoms with Crippen molar-refractivity contribution in [3.05, 3.63) is 54.5 Å². The molecule has 6 nitrogen and oxygen atoms in total. The first-order valence-electron chi connectivity index (χ1n) is 7.90. The fraction of sp³-hybridized carbons (Fsp3) is 0.294. The Morgan fingerprint density at radius 2 is 1.92 bits per heavy atom. The lowest BCUT2D eigenvalue weighted by Gasteiger charge is -2.16. The van der Waals surface area contributed by atoms with Gasteiger partial charge in [0.05, 0.1) is 4.90 Å². The number of aromatic nitrogens is 3. The Bertz CT molecular complexity index is 982. The molecule has 124 valence electrons. The zero-order valence-electron chi connectivity index (χ0n) is 13.3. The minimum atomic E-state index is -3.44. The fourth-order valence-electron chi connectivity index (χ4n) is 3.31. The van der Waals surface area contributed by atoms with E-state index in [0.29, 0.717) is 18.0 Å². The predicted octanol–water partition coefficient (Wildman–Crippen LogP) is 2.15. The molecule has 0 N–H and O–H groups in total. The summed E-state index contributed by atoms with van der Waals surface area (Å²) in [5, 5.41) is 0. The van der Waals surface area contributed by atoms with Gasteiger partial charge < -0.3 is 4.57 Å². The number of pyridine rings is 1. The molecule has 1 saturated heterocycles. The van der Waals surface area contributed by atoms with E-state index in [9.17, 15) is 8.42 Å². The minimum Gasteiger partial charge on any atom is -0.316 e. The van der Waals surface area contributed by atoms with E-state index in [1.807, 2.05) is 29.8 Å². The SMILES string of the molecule is Cn1c([C@@H]2CCN(S(=O)(=O)c3ccccc3)C2)nc2cccnc21. The zero-order chi connectivity index (χ0) is 16.7. The quantitative estimate of drug-likeness (QED) is 0.731. The molecule has 7 heteroatoms. The molecule has 0 saturated carbocycles. The summed E-state index contributed by atoms with van der Waals surface area (Å²) in [6.45, 7) is 0.965. The number of imidazole rings is 1. The van der Waals surface area contributed by atoms with Crippen LogP contribution >= 0.6 is 0 Å². The number of fused-ring (bicyclic) bond motifs is 1. The lowest BCUT2D eigenvalue weighted by atomic mass is 10.1. The van der Waals surface area contributed by atoms with Crippen molar-refractivity contribution in [1.82, 2.24) is 18.8 Å². The van der Waals surface area contributed by atoms with E-state index in [4.69, 9.17) is 0 Å². The van der Waals surface area contributed by atoms with Gasteiger partial charge in [0.15, 0.2) is 5.65 Å². The Labute approximate surface area is 140 Å². The molecule has 1 fully saturated rings. The Morgan fingerprint density at radius 1 is 1.12 bits per heavy atom. The summed E-state index contributed by atoms with van der Waals surface area (Å²) in [6.07, 6.45) is 2.51. The van der Waals surface area contributed by atoms with E-state index in [-0.39, 0.29) is 5.92 Å². The van der Waals surface area contributed by atoms with E-state index in [2.05, 4.69) is 9.97 Å². The molecule has 1 aliphatic rings. The number of hydrogen-bond acceptors (Lipinski definition) is 4. The minimum absolute atomic E-state index is 0.0858. The van der Waals surface area contributed by atoms with Crippen molar-refractivity contribution >= 4 is 21.2 Å². The Hall–Kier alpha value is -2.25. The first kappa shape index (κ1) is 15.3. The fourth-order valence-corrected chi connectivity index (χ4v) is 4.83. The van der Waals surface area contributed by atoms with Crippen molar-refractivity contribution < 1.29 is 8.42 Å². The third-order valence-corrected chi connectivity index (χ3v) is 6.44. The van der Waals surface area contributed by atoms with Crippen LogP contribution in [0.1, 0.15) is 18.2 Å². The van der Waals surface area contributed by atoms with Gasteiger partial charge in [-0.05, 0) is 30.7 Å². The predicted molar refractivity (Wildman–Crippen MR) is 91.1 cm³/mol. The van der Waals surface area contributed by atoms with E-state index in [1.54, 1.807) is 34.8 Å². The van der Waals surface area contributed by atoms with Crippen LogP contribution in [0.3, 0.4) is 0 Å². The van der Waals surface area contributed by atoms with Crippen LogP contribution in [0.2, 0.25) is 0 Å². The molecule has 24 heavy (non-hydrogen) atoms. The molecule has 2 aromatic heterocycles. The molecular formula is C17H18N4O2S. The molecule has 3 heterocycles. The highest BCUT2D eigenvalue weighted by Crippen LogP contribution is 2.31. The van der Waals surface area contributed by atoms with Gasteiger partial charge in [-0.25, -0.2) is 18.4 Å². The van der Waals surface area contributed by atoms with Crippen LogP contribution in [0.15, 0.2) is 53.6 Å². The lowest BCUT2D eigenvalue weighted by molar-refractivity contribution is 0.470. The average molecular weight is 342 g/mol. The van der Waals surface area contributed by atoms with Gasteiger partial charge in [-0.1, -0.05) is 18.2 Å². The van der Waals surface area contributed by atoms with Gasteiger partial charge in [0.1, 0.15) is 11.3 Å². The van der Waals surface area contributed by atoms with Gasteiger partial charge in [0.2, 0.25) is 10.0 Å².